The molecule has 4 aliphatic carbocycles. The molecular formula is C18H24N2O2S. The monoisotopic (exact) mass is 332 g/mol. The summed E-state index contributed by atoms with van der Waals surface area (Å²) in [5.74, 6) is 2.75. The molecule has 5 aliphatic rings. The fraction of sp³-hybridized carbons (Fsp3) is 0.778. The van der Waals surface area contributed by atoms with Crippen LogP contribution in [-0.2, 0) is 14.9 Å². The number of rotatable bonds is 3. The van der Waals surface area contributed by atoms with Crippen LogP contribution in [-0.4, -0.2) is 23.6 Å². The molecule has 5 heteroatoms. The maximum Gasteiger partial charge on any atom is 0.255 e. The van der Waals surface area contributed by atoms with Gasteiger partial charge in [0.2, 0.25) is 0 Å². The second-order valence-electron chi connectivity index (χ2n) is 8.23. The molecule has 1 aliphatic heterocycles. The minimum Gasteiger partial charge on any atom is -0.368 e. The third kappa shape index (κ3) is 2.43. The lowest BCUT2D eigenvalue weighted by Crippen LogP contribution is -2.48. The van der Waals surface area contributed by atoms with Crippen molar-refractivity contribution in [3.63, 3.8) is 0 Å². The quantitative estimate of drug-likeness (QED) is 0.917. The van der Waals surface area contributed by atoms with E-state index >= 15 is 0 Å². The number of ether oxygens (including phenoxy) is 1. The second-order valence-corrected chi connectivity index (χ2v) is 9.08. The average Bonchev–Trinajstić information content (AvgIpc) is 3.17. The molecule has 6 rings (SSSR count). The second kappa shape index (κ2) is 5.28. The summed E-state index contributed by atoms with van der Waals surface area (Å²) in [5, 5.41) is 5.95. The molecule has 0 radical (unpaired) electrons. The van der Waals surface area contributed by atoms with Crippen molar-refractivity contribution in [2.45, 2.75) is 62.9 Å². The van der Waals surface area contributed by atoms with Crippen LogP contribution >= 0.6 is 11.3 Å². The number of thiazole rings is 1. The molecule has 124 valence electrons. The minimum absolute atomic E-state index is 0.0195. The number of anilines is 1. The molecule has 1 aromatic heterocycles. The maximum absolute atomic E-state index is 12.2. The number of carbonyl (C=O) groups excluding carboxylic acids is 1. The van der Waals surface area contributed by atoms with Crippen LogP contribution in [0.25, 0.3) is 0 Å². The molecule has 23 heavy (non-hydrogen) atoms. The van der Waals surface area contributed by atoms with Gasteiger partial charge in [0.05, 0.1) is 5.69 Å². The van der Waals surface area contributed by atoms with Gasteiger partial charge in [0.15, 0.2) is 5.13 Å². The van der Waals surface area contributed by atoms with Gasteiger partial charge in [-0.1, -0.05) is 0 Å². The van der Waals surface area contributed by atoms with E-state index in [4.69, 9.17) is 9.72 Å². The van der Waals surface area contributed by atoms with Crippen LogP contribution < -0.4 is 5.32 Å². The molecule has 1 atom stereocenters. The molecule has 0 aromatic carbocycles. The van der Waals surface area contributed by atoms with Crippen molar-refractivity contribution in [1.82, 2.24) is 4.98 Å². The van der Waals surface area contributed by atoms with E-state index in [2.05, 4.69) is 10.7 Å². The number of hydrogen-bond acceptors (Lipinski definition) is 4. The molecule has 1 saturated heterocycles. The highest BCUT2D eigenvalue weighted by Crippen LogP contribution is 2.60. The van der Waals surface area contributed by atoms with Crippen molar-refractivity contribution < 1.29 is 9.53 Å². The fourth-order valence-electron chi connectivity index (χ4n) is 5.97. The molecule has 1 aromatic rings. The first-order valence-corrected chi connectivity index (χ1v) is 9.97. The Bertz CT molecular complexity index is 585. The highest BCUT2D eigenvalue weighted by Gasteiger charge is 2.52. The Morgan fingerprint density at radius 2 is 1.91 bits per heavy atom. The normalized spacial score (nSPS) is 41.4. The number of amides is 1. The zero-order valence-corrected chi connectivity index (χ0v) is 14.2. The van der Waals surface area contributed by atoms with E-state index in [0.717, 1.165) is 35.7 Å². The van der Waals surface area contributed by atoms with Crippen molar-refractivity contribution in [1.29, 1.82) is 0 Å². The first kappa shape index (κ1) is 14.4. The highest BCUT2D eigenvalue weighted by molar-refractivity contribution is 7.14. The Hall–Kier alpha value is -0.940. The minimum atomic E-state index is -0.276. The number of nitrogens with one attached hydrogen (secondary N) is 1. The Labute approximate surface area is 141 Å². The van der Waals surface area contributed by atoms with Crippen LogP contribution in [0, 0.1) is 17.8 Å². The lowest BCUT2D eigenvalue weighted by Gasteiger charge is -2.56. The van der Waals surface area contributed by atoms with Crippen molar-refractivity contribution in [2.24, 2.45) is 17.8 Å². The van der Waals surface area contributed by atoms with Gasteiger partial charge in [0, 0.05) is 17.4 Å². The predicted octanol–water partition coefficient (Wildman–Crippen LogP) is 3.73. The summed E-state index contributed by atoms with van der Waals surface area (Å²) in [6, 6.07) is 0. The molecule has 4 nitrogen and oxygen atoms in total. The van der Waals surface area contributed by atoms with E-state index in [1.165, 1.54) is 44.2 Å². The Kier molecular flexibility index (Phi) is 3.31. The lowest BCUT2D eigenvalue weighted by atomic mass is 9.49. The third-order valence-corrected chi connectivity index (χ3v) is 7.30. The predicted molar refractivity (Wildman–Crippen MR) is 89.6 cm³/mol. The molecule has 1 N–H and O–H groups in total. The van der Waals surface area contributed by atoms with E-state index in [-0.39, 0.29) is 12.0 Å². The summed E-state index contributed by atoms with van der Waals surface area (Å²) < 4.78 is 5.46. The summed E-state index contributed by atoms with van der Waals surface area (Å²) in [5.41, 5.74) is 1.57. The Morgan fingerprint density at radius 3 is 2.52 bits per heavy atom. The van der Waals surface area contributed by atoms with E-state index in [0.29, 0.717) is 12.0 Å². The summed E-state index contributed by atoms with van der Waals surface area (Å²) in [7, 11) is 0. The van der Waals surface area contributed by atoms with Crippen molar-refractivity contribution in [2.75, 3.05) is 11.9 Å². The largest absolute Gasteiger partial charge is 0.368 e. The molecule has 0 spiro atoms. The zero-order chi connectivity index (χ0) is 15.4. The number of hydrogen-bond donors (Lipinski definition) is 1. The molecule has 4 bridgehead atoms. The topological polar surface area (TPSA) is 51.2 Å². The standard InChI is InChI=1S/C18H24N2O2S/c21-16(14-2-1-3-22-14)20-17-19-15(10-23-17)18-7-11-4-12(8-18)6-13(5-11)9-18/h10-14H,1-9H2,(H,19,20,21)/t11?,12?,13?,14-,18?/m0/s1. The van der Waals surface area contributed by atoms with E-state index in [9.17, 15) is 4.79 Å². The van der Waals surface area contributed by atoms with Crippen molar-refractivity contribution in [3.05, 3.63) is 11.1 Å². The zero-order valence-electron chi connectivity index (χ0n) is 13.4. The van der Waals surface area contributed by atoms with Gasteiger partial charge in [-0.15, -0.1) is 11.3 Å². The first-order valence-electron chi connectivity index (χ1n) is 9.09. The van der Waals surface area contributed by atoms with Crippen LogP contribution in [0.4, 0.5) is 5.13 Å². The van der Waals surface area contributed by atoms with Crippen LogP contribution in [0.3, 0.4) is 0 Å². The van der Waals surface area contributed by atoms with Gasteiger partial charge in [-0.2, -0.15) is 0 Å². The van der Waals surface area contributed by atoms with Gasteiger partial charge in [0.25, 0.3) is 5.91 Å². The van der Waals surface area contributed by atoms with Gasteiger partial charge in [-0.25, -0.2) is 4.98 Å². The average molecular weight is 332 g/mol. The summed E-state index contributed by atoms with van der Waals surface area (Å²) in [6.07, 6.45) is 9.85. The van der Waals surface area contributed by atoms with Crippen LogP contribution in [0.1, 0.15) is 57.1 Å². The van der Waals surface area contributed by atoms with Crippen LogP contribution in [0.5, 0.6) is 0 Å². The third-order valence-electron chi connectivity index (χ3n) is 6.54. The first-order chi connectivity index (χ1) is 11.2. The Balaban J connectivity index is 1.34. The lowest BCUT2D eigenvalue weighted by molar-refractivity contribution is -0.124. The van der Waals surface area contributed by atoms with Gasteiger partial charge in [0.1, 0.15) is 6.10 Å². The smallest absolute Gasteiger partial charge is 0.255 e. The van der Waals surface area contributed by atoms with Crippen molar-refractivity contribution >= 4 is 22.4 Å². The summed E-state index contributed by atoms with van der Waals surface area (Å²) >= 11 is 1.59. The van der Waals surface area contributed by atoms with Crippen LogP contribution in [0.2, 0.25) is 0 Å². The molecule has 2 heterocycles. The SMILES string of the molecule is O=C(Nc1nc(C23CC4CC(CC(C4)C2)C3)cs1)[C@@H]1CCCO1. The summed E-state index contributed by atoms with van der Waals surface area (Å²) in [4.78, 5) is 17.0. The van der Waals surface area contributed by atoms with Crippen LogP contribution in [0.15, 0.2) is 5.38 Å². The molecule has 0 unspecified atom stereocenters. The molecule has 1 amide bonds. The summed E-state index contributed by atoms with van der Waals surface area (Å²) in [6.45, 7) is 0.703. The fourth-order valence-corrected chi connectivity index (χ4v) is 6.81. The number of aromatic nitrogens is 1. The highest BCUT2D eigenvalue weighted by atomic mass is 32.1. The Morgan fingerprint density at radius 1 is 1.22 bits per heavy atom. The number of carbonyl (C=O) groups is 1. The van der Waals surface area contributed by atoms with E-state index in [1.807, 2.05) is 0 Å². The molecular weight excluding hydrogens is 308 g/mol. The molecule has 4 saturated carbocycles. The van der Waals surface area contributed by atoms with Gasteiger partial charge in [-0.05, 0) is 69.1 Å². The number of nitrogens with zero attached hydrogens (tertiary/aromatic N) is 1. The van der Waals surface area contributed by atoms with Gasteiger partial charge >= 0.3 is 0 Å². The van der Waals surface area contributed by atoms with E-state index in [1.54, 1.807) is 11.3 Å². The molecule has 5 fully saturated rings. The van der Waals surface area contributed by atoms with Crippen molar-refractivity contribution in [3.8, 4) is 0 Å². The van der Waals surface area contributed by atoms with Gasteiger partial charge in [-0.3, -0.25) is 10.1 Å². The maximum atomic E-state index is 12.2. The van der Waals surface area contributed by atoms with Gasteiger partial charge < -0.3 is 4.74 Å². The van der Waals surface area contributed by atoms with E-state index < -0.39 is 0 Å².